The van der Waals surface area contributed by atoms with Crippen molar-refractivity contribution in [2.45, 2.75) is 70.6 Å². The molecule has 8 atom stereocenters. The second-order valence-electron chi connectivity index (χ2n) is 9.73. The number of hydrogen-bond donors (Lipinski definition) is 3. The van der Waals surface area contributed by atoms with Gasteiger partial charge in [0.15, 0.2) is 5.78 Å². The first-order valence-electron chi connectivity index (χ1n) is 9.60. The molecule has 2 saturated carbocycles. The average Bonchev–Trinajstić information content (AvgIpc) is 2.75. The molecular formula is C20H28O7. The summed E-state index contributed by atoms with van der Waals surface area (Å²) in [4.78, 5) is 37.5. The molecule has 0 amide bonds. The molecule has 0 unspecified atom stereocenters. The van der Waals surface area contributed by atoms with Gasteiger partial charge in [0.2, 0.25) is 5.79 Å². The van der Waals surface area contributed by atoms with E-state index in [-0.39, 0.29) is 24.4 Å². The van der Waals surface area contributed by atoms with Gasteiger partial charge < -0.3 is 15.3 Å². The van der Waals surface area contributed by atoms with E-state index < -0.39 is 52.2 Å². The molecule has 0 aromatic rings. The molecule has 3 aliphatic carbocycles. The molecule has 1 saturated heterocycles. The number of carbonyl (C=O) groups excluding carboxylic acids is 2. The summed E-state index contributed by atoms with van der Waals surface area (Å²) in [6.45, 7) is 8.14. The van der Waals surface area contributed by atoms with Crippen LogP contribution in [0.3, 0.4) is 0 Å². The molecule has 27 heavy (non-hydrogen) atoms. The first-order chi connectivity index (χ1) is 12.3. The van der Waals surface area contributed by atoms with Crippen LogP contribution in [0.2, 0.25) is 0 Å². The molecule has 0 radical (unpaired) electrons. The van der Waals surface area contributed by atoms with Gasteiger partial charge in [-0.2, -0.15) is 4.89 Å². The lowest BCUT2D eigenvalue weighted by molar-refractivity contribution is -0.530. The van der Waals surface area contributed by atoms with Crippen molar-refractivity contribution in [3.05, 3.63) is 11.6 Å². The summed E-state index contributed by atoms with van der Waals surface area (Å²) in [7, 11) is 0. The third-order valence-electron chi connectivity index (χ3n) is 7.32. The van der Waals surface area contributed by atoms with Gasteiger partial charge in [0.25, 0.3) is 0 Å². The Kier molecular flexibility index (Phi) is 3.75. The fourth-order valence-electron chi connectivity index (χ4n) is 6.02. The Morgan fingerprint density at radius 3 is 2.41 bits per heavy atom. The smallest absolute Gasteiger partial charge is 0.211 e. The van der Waals surface area contributed by atoms with Crippen LogP contribution in [-0.4, -0.2) is 50.0 Å². The van der Waals surface area contributed by atoms with Gasteiger partial charge in [-0.15, -0.1) is 0 Å². The van der Waals surface area contributed by atoms with Crippen LogP contribution in [0.1, 0.15) is 47.5 Å². The standard InChI is InChI=1S/C20H28O7/c1-9-6-12(17(3,4)24)20(25)14-16(23)18(5,26-27-20)8-11-13(21)10(2)7-19(11,14)15(9)22/h8-10,12,14,16,23-25H,6-7H2,1-5H3/t9-,10+,12+,14-,16+,18-,19+,20+/m1/s1. The number of Topliss-reactive ketones (excluding diaryl/α,β-unsaturated/α-hetero) is 2. The fourth-order valence-corrected chi connectivity index (χ4v) is 6.02. The molecule has 4 rings (SSSR count). The Labute approximate surface area is 158 Å². The summed E-state index contributed by atoms with van der Waals surface area (Å²) in [5.41, 5.74) is -3.79. The van der Waals surface area contributed by atoms with Crippen molar-refractivity contribution in [1.29, 1.82) is 0 Å². The zero-order chi connectivity index (χ0) is 20.2. The molecule has 7 heteroatoms. The summed E-state index contributed by atoms with van der Waals surface area (Å²) in [6.07, 6.45) is 0.606. The van der Waals surface area contributed by atoms with Crippen molar-refractivity contribution < 1.29 is 34.7 Å². The number of aliphatic hydroxyl groups excluding tert-OH is 1. The van der Waals surface area contributed by atoms with Gasteiger partial charge >= 0.3 is 0 Å². The van der Waals surface area contributed by atoms with Gasteiger partial charge in [0.05, 0.1) is 23.0 Å². The number of rotatable bonds is 1. The molecule has 150 valence electrons. The number of aliphatic hydroxyl groups is 3. The molecule has 0 aromatic heterocycles. The average molecular weight is 380 g/mol. The first kappa shape index (κ1) is 19.2. The lowest BCUT2D eigenvalue weighted by Crippen LogP contribution is -2.71. The van der Waals surface area contributed by atoms with Crippen LogP contribution >= 0.6 is 0 Å². The molecule has 0 aromatic carbocycles. The molecule has 2 bridgehead atoms. The summed E-state index contributed by atoms with van der Waals surface area (Å²) in [5.74, 6) is -5.39. The van der Waals surface area contributed by atoms with Gasteiger partial charge in [-0.3, -0.25) is 9.59 Å². The van der Waals surface area contributed by atoms with Crippen molar-refractivity contribution in [3.8, 4) is 0 Å². The highest BCUT2D eigenvalue weighted by Gasteiger charge is 2.76. The monoisotopic (exact) mass is 380 g/mol. The second kappa shape index (κ2) is 5.27. The predicted octanol–water partition coefficient (Wildman–Crippen LogP) is 0.904. The van der Waals surface area contributed by atoms with Crippen LogP contribution in [0.5, 0.6) is 0 Å². The van der Waals surface area contributed by atoms with Crippen molar-refractivity contribution in [3.63, 3.8) is 0 Å². The van der Waals surface area contributed by atoms with E-state index in [4.69, 9.17) is 9.78 Å². The largest absolute Gasteiger partial charge is 0.390 e. The van der Waals surface area contributed by atoms with Crippen LogP contribution in [0.25, 0.3) is 0 Å². The molecular weight excluding hydrogens is 352 g/mol. The lowest BCUT2D eigenvalue weighted by atomic mass is 9.55. The number of carbonyl (C=O) groups is 2. The summed E-state index contributed by atoms with van der Waals surface area (Å²) in [6, 6.07) is 0. The van der Waals surface area contributed by atoms with Crippen LogP contribution in [0, 0.1) is 29.1 Å². The van der Waals surface area contributed by atoms with Gasteiger partial charge in [-0.05, 0) is 39.7 Å². The second-order valence-corrected chi connectivity index (χ2v) is 9.73. The van der Waals surface area contributed by atoms with E-state index in [0.29, 0.717) is 5.57 Å². The Morgan fingerprint density at radius 1 is 1.19 bits per heavy atom. The number of ketones is 2. The molecule has 4 aliphatic rings. The predicted molar refractivity (Wildman–Crippen MR) is 92.9 cm³/mol. The third-order valence-corrected chi connectivity index (χ3v) is 7.32. The lowest BCUT2D eigenvalue weighted by Gasteiger charge is -2.58. The van der Waals surface area contributed by atoms with Crippen molar-refractivity contribution in [1.82, 2.24) is 0 Å². The topological polar surface area (TPSA) is 113 Å². The van der Waals surface area contributed by atoms with E-state index in [1.807, 2.05) is 0 Å². The van der Waals surface area contributed by atoms with Crippen molar-refractivity contribution in [2.75, 3.05) is 0 Å². The van der Waals surface area contributed by atoms with E-state index >= 15 is 0 Å². The van der Waals surface area contributed by atoms with Crippen molar-refractivity contribution >= 4 is 11.6 Å². The molecule has 1 spiro atoms. The highest BCUT2D eigenvalue weighted by molar-refractivity contribution is 6.10. The highest BCUT2D eigenvalue weighted by atomic mass is 17.2. The quantitative estimate of drug-likeness (QED) is 0.579. The Hall–Kier alpha value is -1.12. The molecule has 3 N–H and O–H groups in total. The van der Waals surface area contributed by atoms with Crippen LogP contribution in [0.4, 0.5) is 0 Å². The summed E-state index contributed by atoms with van der Waals surface area (Å²) in [5, 5.41) is 33.6. The van der Waals surface area contributed by atoms with E-state index in [1.165, 1.54) is 19.9 Å². The summed E-state index contributed by atoms with van der Waals surface area (Å²) >= 11 is 0. The van der Waals surface area contributed by atoms with Crippen molar-refractivity contribution in [2.24, 2.45) is 29.1 Å². The van der Waals surface area contributed by atoms with Gasteiger partial charge in [0, 0.05) is 23.3 Å². The summed E-state index contributed by atoms with van der Waals surface area (Å²) < 4.78 is 0. The maximum atomic E-state index is 13.6. The zero-order valence-corrected chi connectivity index (χ0v) is 16.4. The highest BCUT2D eigenvalue weighted by Crippen LogP contribution is 2.65. The normalized spacial score (nSPS) is 52.3. The number of fused-ring (bicyclic) bond motifs is 1. The van der Waals surface area contributed by atoms with Crippen LogP contribution in [0.15, 0.2) is 11.6 Å². The molecule has 1 heterocycles. The Balaban J connectivity index is 2.05. The minimum Gasteiger partial charge on any atom is -0.390 e. The molecule has 3 fully saturated rings. The Bertz CT molecular complexity index is 752. The fraction of sp³-hybridized carbons (Fsp3) is 0.800. The minimum atomic E-state index is -2.11. The van der Waals surface area contributed by atoms with Crippen LogP contribution in [-0.2, 0) is 19.4 Å². The van der Waals surface area contributed by atoms with Gasteiger partial charge in [0.1, 0.15) is 11.4 Å². The van der Waals surface area contributed by atoms with E-state index in [0.717, 1.165) is 0 Å². The molecule has 7 nitrogen and oxygen atoms in total. The van der Waals surface area contributed by atoms with E-state index in [9.17, 15) is 24.9 Å². The maximum absolute atomic E-state index is 13.6. The first-order valence-corrected chi connectivity index (χ1v) is 9.60. The van der Waals surface area contributed by atoms with E-state index in [2.05, 4.69) is 0 Å². The van der Waals surface area contributed by atoms with Gasteiger partial charge in [-0.1, -0.05) is 13.8 Å². The third kappa shape index (κ3) is 2.15. The van der Waals surface area contributed by atoms with Gasteiger partial charge in [-0.25, -0.2) is 4.89 Å². The maximum Gasteiger partial charge on any atom is 0.211 e. The number of allylic oxidation sites excluding steroid dienone is 1. The van der Waals surface area contributed by atoms with E-state index in [1.54, 1.807) is 20.8 Å². The van der Waals surface area contributed by atoms with Crippen LogP contribution < -0.4 is 0 Å². The Morgan fingerprint density at radius 2 is 1.81 bits per heavy atom. The SMILES string of the molecule is C[C@@H]1C[C@@H](C(C)(C)O)[C@]2(O)OO[C@]3(C)C=C4C(=O)[C@@H](C)C[C@@]4(C1=O)[C@H]2[C@@H]3O. The zero-order valence-electron chi connectivity index (χ0n) is 16.4. The molecule has 1 aliphatic heterocycles. The minimum absolute atomic E-state index is 0.153. The number of hydrogen-bond acceptors (Lipinski definition) is 7.